The van der Waals surface area contributed by atoms with Gasteiger partial charge in [-0.15, -0.1) is 0 Å². The van der Waals surface area contributed by atoms with Gasteiger partial charge >= 0.3 is 6.61 Å². The van der Waals surface area contributed by atoms with Crippen molar-refractivity contribution < 1.29 is 37.3 Å². The van der Waals surface area contributed by atoms with Crippen LogP contribution >= 0.6 is 23.4 Å². The van der Waals surface area contributed by atoms with Gasteiger partial charge in [-0.05, 0) is 47.2 Å². The Hall–Kier alpha value is -2.98. The lowest BCUT2D eigenvalue weighted by atomic mass is 10.1. The highest BCUT2D eigenvalue weighted by Crippen LogP contribution is 2.40. The summed E-state index contributed by atoms with van der Waals surface area (Å²) in [6.07, 6.45) is 1.47. The van der Waals surface area contributed by atoms with Crippen molar-refractivity contribution in [3.05, 3.63) is 51.4 Å². The lowest BCUT2D eigenvalue weighted by molar-refractivity contribution is -0.123. The molecule has 0 radical (unpaired) electrons. The minimum absolute atomic E-state index is 0.0397. The quantitative estimate of drug-likeness (QED) is 0.556. The number of nitrogens with zero attached hydrogens (tertiary/aromatic N) is 1. The molecule has 1 saturated heterocycles. The molecule has 31 heavy (non-hydrogen) atoms. The maximum atomic E-state index is 12.8. The van der Waals surface area contributed by atoms with Crippen molar-refractivity contribution in [1.29, 1.82) is 0 Å². The fourth-order valence-corrected chi connectivity index (χ4v) is 4.06. The summed E-state index contributed by atoms with van der Waals surface area (Å²) in [6.45, 7) is -2.97. The number of halogens is 3. The Morgan fingerprint density at radius 2 is 1.94 bits per heavy atom. The number of thioether (sulfide) groups is 1. The molecule has 1 fully saturated rings. The number of hydrogen-bond donors (Lipinski definition) is 0. The van der Waals surface area contributed by atoms with Gasteiger partial charge in [-0.2, -0.15) is 8.78 Å². The molecular weight excluding hydrogens is 456 g/mol. The molecule has 2 aliphatic rings. The topological polar surface area (TPSA) is 74.3 Å². The van der Waals surface area contributed by atoms with Crippen LogP contribution in [-0.2, 0) is 11.3 Å². The number of ether oxygens (including phenoxy) is 4. The van der Waals surface area contributed by atoms with E-state index >= 15 is 0 Å². The first-order valence-electron chi connectivity index (χ1n) is 8.82. The largest absolute Gasteiger partial charge is 0.493 e. The summed E-state index contributed by atoms with van der Waals surface area (Å²) in [5.41, 5.74) is 1.01. The van der Waals surface area contributed by atoms with E-state index in [-0.39, 0.29) is 29.7 Å². The minimum atomic E-state index is -3.00. The van der Waals surface area contributed by atoms with E-state index in [0.29, 0.717) is 27.6 Å². The molecule has 0 aliphatic carbocycles. The van der Waals surface area contributed by atoms with Crippen molar-refractivity contribution in [2.24, 2.45) is 0 Å². The molecule has 0 atom stereocenters. The molecule has 4 rings (SSSR count). The number of carbonyl (C=O) groups is 2. The number of imide groups is 1. The standard InChI is InChI=1S/C20H14ClF2NO6S/c1-27-14-4-10(2-3-13(14)30-19(22)23)5-17-18(25)24(20(26)31-17)8-11-6-15-16(7-12(11)21)29-9-28-15/h2-7,19H,8-9H2,1H3/b17-5-. The molecule has 0 unspecified atom stereocenters. The Kier molecular flexibility index (Phi) is 5.92. The van der Waals surface area contributed by atoms with Crippen LogP contribution in [0.2, 0.25) is 5.02 Å². The average molecular weight is 470 g/mol. The van der Waals surface area contributed by atoms with Crippen LogP contribution < -0.4 is 18.9 Å². The van der Waals surface area contributed by atoms with Crippen molar-refractivity contribution in [3.8, 4) is 23.0 Å². The fraction of sp³-hybridized carbons (Fsp3) is 0.200. The summed E-state index contributed by atoms with van der Waals surface area (Å²) in [5.74, 6) is 0.410. The molecule has 0 N–H and O–H groups in total. The van der Waals surface area contributed by atoms with Gasteiger partial charge in [0, 0.05) is 11.1 Å². The number of methoxy groups -OCH3 is 1. The molecule has 0 saturated carbocycles. The predicted molar refractivity (Wildman–Crippen MR) is 109 cm³/mol. The molecule has 0 spiro atoms. The van der Waals surface area contributed by atoms with E-state index in [4.69, 9.17) is 25.8 Å². The van der Waals surface area contributed by atoms with Gasteiger partial charge in [0.15, 0.2) is 23.0 Å². The van der Waals surface area contributed by atoms with E-state index in [9.17, 15) is 18.4 Å². The third-order valence-corrected chi connectivity index (χ3v) is 5.70. The Morgan fingerprint density at radius 3 is 2.65 bits per heavy atom. The van der Waals surface area contributed by atoms with E-state index in [1.165, 1.54) is 31.4 Å². The molecule has 162 valence electrons. The van der Waals surface area contributed by atoms with E-state index < -0.39 is 17.8 Å². The monoisotopic (exact) mass is 469 g/mol. The van der Waals surface area contributed by atoms with Crippen LogP contribution in [0.15, 0.2) is 35.2 Å². The van der Waals surface area contributed by atoms with Gasteiger partial charge in [0.2, 0.25) is 6.79 Å². The van der Waals surface area contributed by atoms with E-state index in [2.05, 4.69) is 4.74 Å². The lowest BCUT2D eigenvalue weighted by Gasteiger charge is -2.14. The zero-order valence-corrected chi connectivity index (χ0v) is 17.5. The van der Waals surface area contributed by atoms with Crippen LogP contribution in [0.4, 0.5) is 13.6 Å². The van der Waals surface area contributed by atoms with Crippen molar-refractivity contribution in [1.82, 2.24) is 4.90 Å². The van der Waals surface area contributed by atoms with Gasteiger partial charge in [0.25, 0.3) is 11.1 Å². The van der Waals surface area contributed by atoms with Crippen LogP contribution in [0.5, 0.6) is 23.0 Å². The van der Waals surface area contributed by atoms with Crippen LogP contribution in [0, 0.1) is 0 Å². The number of alkyl halides is 2. The zero-order valence-electron chi connectivity index (χ0n) is 15.9. The Bertz CT molecular complexity index is 1090. The molecular formula is C20H14ClF2NO6S. The summed E-state index contributed by atoms with van der Waals surface area (Å²) in [7, 11) is 1.31. The van der Waals surface area contributed by atoms with Gasteiger partial charge in [0.05, 0.1) is 18.6 Å². The summed E-state index contributed by atoms with van der Waals surface area (Å²) in [6, 6.07) is 7.41. The molecule has 2 aromatic carbocycles. The van der Waals surface area contributed by atoms with Gasteiger partial charge < -0.3 is 18.9 Å². The minimum Gasteiger partial charge on any atom is -0.493 e. The highest BCUT2D eigenvalue weighted by Gasteiger charge is 2.35. The van der Waals surface area contributed by atoms with Crippen LogP contribution in [0.1, 0.15) is 11.1 Å². The SMILES string of the molecule is COc1cc(/C=C2\SC(=O)N(Cc3cc4c(cc3Cl)OCO4)C2=O)ccc1OC(F)F. The second kappa shape index (κ2) is 8.64. The Balaban J connectivity index is 1.55. The number of rotatable bonds is 6. The van der Waals surface area contributed by atoms with Gasteiger partial charge in [-0.3, -0.25) is 14.5 Å². The Morgan fingerprint density at radius 1 is 1.19 bits per heavy atom. The third kappa shape index (κ3) is 4.40. The number of fused-ring (bicyclic) bond motifs is 1. The van der Waals surface area contributed by atoms with Crippen molar-refractivity contribution in [2.45, 2.75) is 13.2 Å². The first kappa shape index (κ1) is 21.3. The second-order valence-corrected chi connectivity index (χ2v) is 7.75. The molecule has 2 aliphatic heterocycles. The molecule has 11 heteroatoms. The maximum Gasteiger partial charge on any atom is 0.387 e. The lowest BCUT2D eigenvalue weighted by Crippen LogP contribution is -2.27. The molecule has 2 amide bonds. The van der Waals surface area contributed by atoms with Crippen LogP contribution in [0.25, 0.3) is 6.08 Å². The molecule has 0 aromatic heterocycles. The summed E-state index contributed by atoms with van der Waals surface area (Å²) < 4.78 is 45.0. The zero-order chi connectivity index (χ0) is 22.1. The highest BCUT2D eigenvalue weighted by molar-refractivity contribution is 8.18. The first-order valence-corrected chi connectivity index (χ1v) is 10.0. The normalized spacial score (nSPS) is 16.5. The summed E-state index contributed by atoms with van der Waals surface area (Å²) >= 11 is 7.01. The van der Waals surface area contributed by atoms with Crippen molar-refractivity contribution >= 4 is 40.6 Å². The highest BCUT2D eigenvalue weighted by atomic mass is 35.5. The molecule has 2 aromatic rings. The van der Waals surface area contributed by atoms with Crippen molar-refractivity contribution in [3.63, 3.8) is 0 Å². The van der Waals surface area contributed by atoms with Crippen LogP contribution in [0.3, 0.4) is 0 Å². The van der Waals surface area contributed by atoms with Gasteiger partial charge in [-0.25, -0.2) is 0 Å². The number of carbonyl (C=O) groups excluding carboxylic acids is 2. The number of hydrogen-bond acceptors (Lipinski definition) is 7. The van der Waals surface area contributed by atoms with E-state index in [0.717, 1.165) is 16.7 Å². The van der Waals surface area contributed by atoms with Crippen LogP contribution in [-0.4, -0.2) is 36.6 Å². The van der Waals surface area contributed by atoms with Crippen molar-refractivity contribution in [2.75, 3.05) is 13.9 Å². The first-order chi connectivity index (χ1) is 14.9. The molecule has 2 heterocycles. The molecule has 0 bridgehead atoms. The van der Waals surface area contributed by atoms with Gasteiger partial charge in [0.1, 0.15) is 0 Å². The fourth-order valence-electron chi connectivity index (χ4n) is 3.01. The third-order valence-electron chi connectivity index (χ3n) is 4.45. The average Bonchev–Trinajstić information content (AvgIpc) is 3.28. The summed E-state index contributed by atoms with van der Waals surface area (Å²) in [4.78, 5) is 26.5. The van der Waals surface area contributed by atoms with E-state index in [1.807, 2.05) is 0 Å². The number of benzene rings is 2. The molecule has 7 nitrogen and oxygen atoms in total. The van der Waals surface area contributed by atoms with E-state index in [1.54, 1.807) is 12.1 Å². The van der Waals surface area contributed by atoms with Gasteiger partial charge in [-0.1, -0.05) is 17.7 Å². The summed E-state index contributed by atoms with van der Waals surface area (Å²) in [5, 5.41) is -0.124. The Labute approximate surface area is 184 Å². The predicted octanol–water partition coefficient (Wildman–Crippen LogP) is 4.92. The smallest absolute Gasteiger partial charge is 0.387 e. The maximum absolute atomic E-state index is 12.8. The number of amides is 2. The second-order valence-electron chi connectivity index (χ2n) is 6.35.